The number of aryl methyl sites for hydroxylation is 1. The summed E-state index contributed by atoms with van der Waals surface area (Å²) < 4.78 is 25.9. The van der Waals surface area contributed by atoms with E-state index in [1.54, 1.807) is 0 Å². The summed E-state index contributed by atoms with van der Waals surface area (Å²) in [5.41, 5.74) is 5.10. The minimum Gasteiger partial charge on any atom is -0.321 e. The lowest BCUT2D eigenvalue weighted by molar-refractivity contribution is 0.0591. The standard InChI is InChI=1S/C11H14BrF2N/c1-11(15,10(13)14)6-5-8-3-2-4-9(12)7-8/h2-4,7,10H,5-6,15H2,1H3. The third-order valence-corrected chi connectivity index (χ3v) is 2.83. The fourth-order valence-corrected chi connectivity index (χ4v) is 1.66. The van der Waals surface area contributed by atoms with E-state index in [4.69, 9.17) is 5.73 Å². The van der Waals surface area contributed by atoms with Crippen LogP contribution >= 0.6 is 15.9 Å². The number of halogens is 3. The van der Waals surface area contributed by atoms with Gasteiger partial charge in [0.1, 0.15) is 0 Å². The Labute approximate surface area is 96.8 Å². The van der Waals surface area contributed by atoms with E-state index < -0.39 is 12.0 Å². The monoisotopic (exact) mass is 277 g/mol. The fourth-order valence-electron chi connectivity index (χ4n) is 1.22. The molecule has 0 saturated heterocycles. The highest BCUT2D eigenvalue weighted by Gasteiger charge is 2.29. The minimum absolute atomic E-state index is 0.279. The van der Waals surface area contributed by atoms with Crippen molar-refractivity contribution in [3.63, 3.8) is 0 Å². The molecule has 0 aromatic heterocycles. The molecule has 1 aromatic carbocycles. The minimum atomic E-state index is -2.48. The van der Waals surface area contributed by atoms with Crippen LogP contribution in [-0.4, -0.2) is 12.0 Å². The van der Waals surface area contributed by atoms with E-state index in [-0.39, 0.29) is 6.42 Å². The molecule has 0 bridgehead atoms. The van der Waals surface area contributed by atoms with Crippen molar-refractivity contribution in [2.75, 3.05) is 0 Å². The maximum absolute atomic E-state index is 12.5. The number of hydrogen-bond donors (Lipinski definition) is 1. The molecular weight excluding hydrogens is 264 g/mol. The van der Waals surface area contributed by atoms with Crippen molar-refractivity contribution >= 4 is 15.9 Å². The second-order valence-electron chi connectivity index (χ2n) is 3.94. The molecule has 1 aromatic rings. The van der Waals surface area contributed by atoms with Crippen LogP contribution in [0.15, 0.2) is 28.7 Å². The predicted molar refractivity (Wildman–Crippen MR) is 61.1 cm³/mol. The van der Waals surface area contributed by atoms with Crippen molar-refractivity contribution in [3.8, 4) is 0 Å². The van der Waals surface area contributed by atoms with Gasteiger partial charge in [0, 0.05) is 4.47 Å². The SMILES string of the molecule is CC(N)(CCc1cccc(Br)c1)C(F)F. The molecule has 0 aliphatic heterocycles. The van der Waals surface area contributed by atoms with Crippen molar-refractivity contribution in [2.24, 2.45) is 5.73 Å². The zero-order valence-electron chi connectivity index (χ0n) is 8.51. The van der Waals surface area contributed by atoms with Crippen molar-refractivity contribution < 1.29 is 8.78 Å². The molecule has 84 valence electrons. The van der Waals surface area contributed by atoms with Gasteiger partial charge in [0.15, 0.2) is 0 Å². The quantitative estimate of drug-likeness (QED) is 0.897. The Balaban J connectivity index is 2.57. The smallest absolute Gasteiger partial charge is 0.256 e. The first-order valence-electron chi connectivity index (χ1n) is 4.73. The lowest BCUT2D eigenvalue weighted by Gasteiger charge is -2.23. The third-order valence-electron chi connectivity index (χ3n) is 2.34. The van der Waals surface area contributed by atoms with E-state index in [0.717, 1.165) is 10.0 Å². The second kappa shape index (κ2) is 5.03. The zero-order valence-corrected chi connectivity index (χ0v) is 10.1. The molecule has 0 amide bonds. The average Bonchev–Trinajstić information content (AvgIpc) is 2.15. The highest BCUT2D eigenvalue weighted by atomic mass is 79.9. The Morgan fingerprint density at radius 3 is 2.67 bits per heavy atom. The first kappa shape index (κ1) is 12.6. The number of benzene rings is 1. The molecule has 2 N–H and O–H groups in total. The van der Waals surface area contributed by atoms with Crippen molar-refractivity contribution in [3.05, 3.63) is 34.3 Å². The van der Waals surface area contributed by atoms with Gasteiger partial charge in [0.2, 0.25) is 0 Å². The van der Waals surface area contributed by atoms with Crippen LogP contribution < -0.4 is 5.73 Å². The normalized spacial score (nSPS) is 15.3. The molecule has 1 atom stereocenters. The highest BCUT2D eigenvalue weighted by Crippen LogP contribution is 2.20. The van der Waals surface area contributed by atoms with Crippen molar-refractivity contribution in [1.82, 2.24) is 0 Å². The first-order valence-corrected chi connectivity index (χ1v) is 5.52. The third kappa shape index (κ3) is 3.87. The summed E-state index contributed by atoms with van der Waals surface area (Å²) in [6.45, 7) is 1.38. The molecule has 0 fully saturated rings. The summed E-state index contributed by atoms with van der Waals surface area (Å²) >= 11 is 3.33. The van der Waals surface area contributed by atoms with Gasteiger partial charge in [-0.05, 0) is 37.5 Å². The van der Waals surface area contributed by atoms with Crippen LogP contribution in [0.4, 0.5) is 8.78 Å². The van der Waals surface area contributed by atoms with Gasteiger partial charge in [-0.3, -0.25) is 0 Å². The molecule has 0 spiro atoms. The summed E-state index contributed by atoms with van der Waals surface area (Å²) in [6.07, 6.45) is -1.64. The van der Waals surface area contributed by atoms with Crippen molar-refractivity contribution in [1.29, 1.82) is 0 Å². The Morgan fingerprint density at radius 2 is 2.13 bits per heavy atom. The molecule has 0 aliphatic rings. The molecule has 4 heteroatoms. The fraction of sp³-hybridized carbons (Fsp3) is 0.455. The molecule has 0 heterocycles. The predicted octanol–water partition coefficient (Wildman–Crippen LogP) is 3.36. The van der Waals surface area contributed by atoms with Crippen LogP contribution in [0.3, 0.4) is 0 Å². The van der Waals surface area contributed by atoms with Gasteiger partial charge < -0.3 is 5.73 Å². The number of alkyl halides is 2. The van der Waals surface area contributed by atoms with Crippen LogP contribution in [0.1, 0.15) is 18.9 Å². The summed E-state index contributed by atoms with van der Waals surface area (Å²) in [5.74, 6) is 0. The molecule has 0 radical (unpaired) electrons. The average molecular weight is 278 g/mol. The molecule has 1 nitrogen and oxygen atoms in total. The van der Waals surface area contributed by atoms with Crippen LogP contribution in [0.25, 0.3) is 0 Å². The summed E-state index contributed by atoms with van der Waals surface area (Å²) in [5, 5.41) is 0. The van der Waals surface area contributed by atoms with E-state index in [9.17, 15) is 8.78 Å². The van der Waals surface area contributed by atoms with Crippen LogP contribution in [0.2, 0.25) is 0 Å². The summed E-state index contributed by atoms with van der Waals surface area (Å²) in [4.78, 5) is 0. The summed E-state index contributed by atoms with van der Waals surface area (Å²) in [7, 11) is 0. The topological polar surface area (TPSA) is 26.0 Å². The van der Waals surface area contributed by atoms with Crippen molar-refractivity contribution in [2.45, 2.75) is 31.7 Å². The molecule has 0 aliphatic carbocycles. The Morgan fingerprint density at radius 1 is 1.47 bits per heavy atom. The number of rotatable bonds is 4. The highest BCUT2D eigenvalue weighted by molar-refractivity contribution is 9.10. The van der Waals surface area contributed by atoms with E-state index in [2.05, 4.69) is 15.9 Å². The lowest BCUT2D eigenvalue weighted by Crippen LogP contribution is -2.44. The van der Waals surface area contributed by atoms with Gasteiger partial charge in [-0.15, -0.1) is 0 Å². The van der Waals surface area contributed by atoms with E-state index in [1.807, 2.05) is 24.3 Å². The summed E-state index contributed by atoms with van der Waals surface area (Å²) in [6, 6.07) is 7.61. The largest absolute Gasteiger partial charge is 0.321 e. The van der Waals surface area contributed by atoms with Crippen LogP contribution in [0.5, 0.6) is 0 Å². The van der Waals surface area contributed by atoms with E-state index in [0.29, 0.717) is 6.42 Å². The Bertz CT molecular complexity index is 326. The molecule has 1 rings (SSSR count). The van der Waals surface area contributed by atoms with E-state index >= 15 is 0 Å². The van der Waals surface area contributed by atoms with Gasteiger partial charge in [-0.1, -0.05) is 28.1 Å². The van der Waals surface area contributed by atoms with Gasteiger partial charge in [0.05, 0.1) is 5.54 Å². The van der Waals surface area contributed by atoms with Gasteiger partial charge >= 0.3 is 0 Å². The first-order chi connectivity index (χ1) is 6.92. The number of nitrogens with two attached hydrogens (primary N) is 1. The van der Waals surface area contributed by atoms with Crippen LogP contribution in [0, 0.1) is 0 Å². The Kier molecular flexibility index (Phi) is 4.22. The lowest BCUT2D eigenvalue weighted by atomic mass is 9.95. The molecular formula is C11H14BrF2N. The maximum Gasteiger partial charge on any atom is 0.256 e. The van der Waals surface area contributed by atoms with Crippen LogP contribution in [-0.2, 0) is 6.42 Å². The molecule has 0 saturated carbocycles. The molecule has 15 heavy (non-hydrogen) atoms. The number of hydrogen-bond acceptors (Lipinski definition) is 1. The molecule has 1 unspecified atom stereocenters. The maximum atomic E-state index is 12.5. The Hall–Kier alpha value is -0.480. The zero-order chi connectivity index (χ0) is 11.5. The second-order valence-corrected chi connectivity index (χ2v) is 4.85. The van der Waals surface area contributed by atoms with Gasteiger partial charge in [-0.25, -0.2) is 8.78 Å². The van der Waals surface area contributed by atoms with E-state index in [1.165, 1.54) is 6.92 Å². The van der Waals surface area contributed by atoms with Gasteiger partial charge in [0.25, 0.3) is 6.43 Å². The van der Waals surface area contributed by atoms with Gasteiger partial charge in [-0.2, -0.15) is 0 Å².